The number of nitrogens with two attached hydrogens (primary N) is 1. The highest BCUT2D eigenvalue weighted by molar-refractivity contribution is 5.85. The Balaban J connectivity index is 0.00000289. The molecule has 0 aromatic heterocycles. The highest BCUT2D eigenvalue weighted by Gasteiger charge is 2.28. The lowest BCUT2D eigenvalue weighted by Crippen LogP contribution is -2.45. The average molecular weight is 290 g/mol. The maximum Gasteiger partial charge on any atom is 0.405 e. The molecule has 1 heterocycles. The molecule has 108 valence electrons. The van der Waals surface area contributed by atoms with E-state index in [0.717, 1.165) is 19.4 Å². The van der Waals surface area contributed by atoms with Gasteiger partial charge < -0.3 is 11.1 Å². The van der Waals surface area contributed by atoms with Gasteiger partial charge in [0.2, 0.25) is 5.91 Å². The smallest absolute Gasteiger partial charge is 0.346 e. The summed E-state index contributed by atoms with van der Waals surface area (Å²) in [6.07, 6.45) is -2.39. The third-order valence-corrected chi connectivity index (χ3v) is 2.79. The zero-order chi connectivity index (χ0) is 12.9. The number of carbonyl (C=O) groups is 1. The lowest BCUT2D eigenvalue weighted by molar-refractivity contribution is -0.139. The summed E-state index contributed by atoms with van der Waals surface area (Å²) in [5.41, 5.74) is 5.54. The number of alkyl halides is 3. The molecule has 1 aliphatic rings. The van der Waals surface area contributed by atoms with E-state index in [4.69, 9.17) is 5.73 Å². The highest BCUT2D eigenvalue weighted by Crippen LogP contribution is 2.15. The fourth-order valence-electron chi connectivity index (χ4n) is 1.95. The fraction of sp³-hybridized carbons (Fsp3) is 0.900. The first kappa shape index (κ1) is 17.5. The van der Waals surface area contributed by atoms with E-state index in [-0.39, 0.29) is 19.0 Å². The SMILES string of the molecule is Cl.NCC1CCCN(CC(=O)NCC(F)(F)F)C1. The van der Waals surface area contributed by atoms with E-state index < -0.39 is 18.6 Å². The molecule has 0 bridgehead atoms. The van der Waals surface area contributed by atoms with Gasteiger partial charge in [-0.2, -0.15) is 13.2 Å². The van der Waals surface area contributed by atoms with Gasteiger partial charge in [-0.1, -0.05) is 0 Å². The summed E-state index contributed by atoms with van der Waals surface area (Å²) in [6, 6.07) is 0. The molecule has 4 nitrogen and oxygen atoms in total. The number of amides is 1. The summed E-state index contributed by atoms with van der Waals surface area (Å²) in [5.74, 6) is -0.237. The maximum atomic E-state index is 11.9. The molecule has 18 heavy (non-hydrogen) atoms. The van der Waals surface area contributed by atoms with Gasteiger partial charge in [-0.25, -0.2) is 0 Å². The Kier molecular flexibility index (Phi) is 7.58. The number of likely N-dealkylation sites (tertiary alicyclic amines) is 1. The molecule has 0 aromatic rings. The Morgan fingerprint density at radius 3 is 2.67 bits per heavy atom. The molecule has 1 atom stereocenters. The predicted molar refractivity (Wildman–Crippen MR) is 64.5 cm³/mol. The molecule has 0 aliphatic carbocycles. The average Bonchev–Trinajstić information content (AvgIpc) is 2.26. The van der Waals surface area contributed by atoms with Gasteiger partial charge >= 0.3 is 6.18 Å². The number of carbonyl (C=O) groups excluding carboxylic acids is 1. The highest BCUT2D eigenvalue weighted by atomic mass is 35.5. The van der Waals surface area contributed by atoms with Crippen LogP contribution in [0, 0.1) is 5.92 Å². The number of hydrogen-bond donors (Lipinski definition) is 2. The third kappa shape index (κ3) is 7.03. The summed E-state index contributed by atoms with van der Waals surface area (Å²) in [6.45, 7) is 0.749. The normalized spacial score (nSPS) is 21.2. The number of piperidine rings is 1. The van der Waals surface area contributed by atoms with Gasteiger partial charge in [0.05, 0.1) is 6.54 Å². The van der Waals surface area contributed by atoms with Gasteiger partial charge in [-0.3, -0.25) is 9.69 Å². The Morgan fingerprint density at radius 1 is 1.44 bits per heavy atom. The zero-order valence-corrected chi connectivity index (χ0v) is 10.8. The van der Waals surface area contributed by atoms with Gasteiger partial charge in [0.15, 0.2) is 0 Å². The van der Waals surface area contributed by atoms with E-state index in [9.17, 15) is 18.0 Å². The van der Waals surface area contributed by atoms with Crippen LogP contribution in [0.5, 0.6) is 0 Å². The Hall–Kier alpha value is -0.530. The van der Waals surface area contributed by atoms with Gasteiger partial charge in [-0.15, -0.1) is 12.4 Å². The van der Waals surface area contributed by atoms with Crippen LogP contribution < -0.4 is 11.1 Å². The van der Waals surface area contributed by atoms with Crippen molar-refractivity contribution in [1.82, 2.24) is 10.2 Å². The van der Waals surface area contributed by atoms with Gasteiger partial charge in [0, 0.05) is 6.54 Å². The molecule has 1 aliphatic heterocycles. The number of nitrogens with one attached hydrogen (secondary N) is 1. The van der Waals surface area contributed by atoms with Crippen LogP contribution in [0.2, 0.25) is 0 Å². The van der Waals surface area contributed by atoms with Crippen molar-refractivity contribution in [3.05, 3.63) is 0 Å². The molecular weight excluding hydrogens is 271 g/mol. The van der Waals surface area contributed by atoms with Crippen molar-refractivity contribution in [2.75, 3.05) is 32.7 Å². The van der Waals surface area contributed by atoms with Crippen LogP contribution in [0.25, 0.3) is 0 Å². The van der Waals surface area contributed by atoms with Crippen molar-refractivity contribution in [2.45, 2.75) is 19.0 Å². The molecule has 0 spiro atoms. The van der Waals surface area contributed by atoms with Gasteiger partial charge in [0.25, 0.3) is 0 Å². The zero-order valence-electron chi connectivity index (χ0n) is 10.0. The lowest BCUT2D eigenvalue weighted by atomic mass is 9.98. The summed E-state index contributed by atoms with van der Waals surface area (Å²) < 4.78 is 35.6. The molecule has 0 aromatic carbocycles. The quantitative estimate of drug-likeness (QED) is 0.803. The first-order valence-corrected chi connectivity index (χ1v) is 5.66. The number of nitrogens with zero attached hydrogens (tertiary/aromatic N) is 1. The Morgan fingerprint density at radius 2 is 2.11 bits per heavy atom. The van der Waals surface area contributed by atoms with Crippen LogP contribution in [0.15, 0.2) is 0 Å². The first-order valence-electron chi connectivity index (χ1n) is 5.66. The minimum atomic E-state index is -4.35. The minimum absolute atomic E-state index is 0. The number of rotatable bonds is 4. The van der Waals surface area contributed by atoms with E-state index in [2.05, 4.69) is 0 Å². The van der Waals surface area contributed by atoms with Crippen LogP contribution in [0.4, 0.5) is 13.2 Å². The third-order valence-electron chi connectivity index (χ3n) is 2.79. The Labute approximate surface area is 110 Å². The van der Waals surface area contributed by atoms with Crippen molar-refractivity contribution < 1.29 is 18.0 Å². The van der Waals surface area contributed by atoms with E-state index in [1.165, 1.54) is 0 Å². The van der Waals surface area contributed by atoms with Crippen LogP contribution in [0.3, 0.4) is 0 Å². The monoisotopic (exact) mass is 289 g/mol. The minimum Gasteiger partial charge on any atom is -0.346 e. The van der Waals surface area contributed by atoms with Crippen molar-refractivity contribution in [3.63, 3.8) is 0 Å². The van der Waals surface area contributed by atoms with Crippen LogP contribution >= 0.6 is 12.4 Å². The number of hydrogen-bond acceptors (Lipinski definition) is 3. The largest absolute Gasteiger partial charge is 0.405 e. The molecule has 1 saturated heterocycles. The lowest BCUT2D eigenvalue weighted by Gasteiger charge is -2.31. The molecule has 3 N–H and O–H groups in total. The first-order chi connectivity index (χ1) is 7.90. The van der Waals surface area contributed by atoms with E-state index in [1.807, 2.05) is 10.2 Å². The molecule has 1 amide bonds. The standard InChI is InChI=1S/C10H18F3N3O.ClH/c11-10(12,13)7-15-9(17)6-16-3-1-2-8(4-14)5-16;/h8H,1-7,14H2,(H,15,17);1H. The van der Waals surface area contributed by atoms with Crippen LogP contribution in [0.1, 0.15) is 12.8 Å². The van der Waals surface area contributed by atoms with Crippen molar-refractivity contribution >= 4 is 18.3 Å². The molecular formula is C10H19ClF3N3O. The fourth-order valence-corrected chi connectivity index (χ4v) is 1.95. The summed E-state index contributed by atoms with van der Waals surface area (Å²) in [7, 11) is 0. The Bertz CT molecular complexity index is 263. The molecule has 1 fully saturated rings. The molecule has 1 unspecified atom stereocenters. The summed E-state index contributed by atoms with van der Waals surface area (Å²) in [5, 5.41) is 1.87. The van der Waals surface area contributed by atoms with Crippen molar-refractivity contribution in [1.29, 1.82) is 0 Å². The molecule has 0 radical (unpaired) electrons. The summed E-state index contributed by atoms with van der Waals surface area (Å²) >= 11 is 0. The van der Waals surface area contributed by atoms with Crippen LogP contribution in [-0.4, -0.2) is 49.7 Å². The molecule has 1 rings (SSSR count). The number of halogens is 4. The van der Waals surface area contributed by atoms with Crippen LogP contribution in [-0.2, 0) is 4.79 Å². The topological polar surface area (TPSA) is 58.4 Å². The molecule has 8 heteroatoms. The molecule has 0 saturated carbocycles. The van der Waals surface area contributed by atoms with Gasteiger partial charge in [-0.05, 0) is 31.8 Å². The van der Waals surface area contributed by atoms with E-state index >= 15 is 0 Å². The second-order valence-electron chi connectivity index (χ2n) is 4.37. The van der Waals surface area contributed by atoms with E-state index in [1.54, 1.807) is 0 Å². The van der Waals surface area contributed by atoms with Crippen molar-refractivity contribution in [3.8, 4) is 0 Å². The maximum absolute atomic E-state index is 11.9. The second kappa shape index (κ2) is 7.81. The predicted octanol–water partition coefficient (Wildman–Crippen LogP) is 0.757. The van der Waals surface area contributed by atoms with Crippen molar-refractivity contribution in [2.24, 2.45) is 11.7 Å². The van der Waals surface area contributed by atoms with Gasteiger partial charge in [0.1, 0.15) is 6.54 Å². The second-order valence-corrected chi connectivity index (χ2v) is 4.37. The van der Waals surface area contributed by atoms with E-state index in [0.29, 0.717) is 19.0 Å². The summed E-state index contributed by atoms with van der Waals surface area (Å²) in [4.78, 5) is 13.1.